The first-order valence-corrected chi connectivity index (χ1v) is 7.38. The lowest BCUT2D eigenvalue weighted by atomic mass is 10.2. The molecule has 0 aliphatic carbocycles. The molecule has 0 atom stereocenters. The van der Waals surface area contributed by atoms with Crippen molar-refractivity contribution in [2.24, 2.45) is 5.10 Å². The Morgan fingerprint density at radius 2 is 1.83 bits per heavy atom. The zero-order chi connectivity index (χ0) is 16.6. The van der Waals surface area contributed by atoms with Gasteiger partial charge in [0.15, 0.2) is 0 Å². The van der Waals surface area contributed by atoms with Crippen molar-refractivity contribution in [3.63, 3.8) is 0 Å². The summed E-state index contributed by atoms with van der Waals surface area (Å²) in [5.41, 5.74) is 3.74. The number of benzene rings is 2. The molecule has 0 radical (unpaired) electrons. The Morgan fingerprint density at radius 1 is 1.00 bits per heavy atom. The summed E-state index contributed by atoms with van der Waals surface area (Å²) in [4.78, 5) is 15.7. The second kappa shape index (κ2) is 7.69. The number of ether oxygens (including phenoxy) is 1. The van der Waals surface area contributed by atoms with E-state index in [0.717, 1.165) is 11.3 Å². The van der Waals surface area contributed by atoms with Crippen LogP contribution in [0.4, 0.5) is 0 Å². The first-order chi connectivity index (χ1) is 11.8. The average molecular weight is 317 g/mol. The van der Waals surface area contributed by atoms with E-state index in [0.29, 0.717) is 11.3 Å². The third-order valence-electron chi connectivity index (χ3n) is 3.14. The van der Waals surface area contributed by atoms with Crippen molar-refractivity contribution in [2.45, 2.75) is 0 Å². The van der Waals surface area contributed by atoms with Gasteiger partial charge in [-0.15, -0.1) is 0 Å². The van der Waals surface area contributed by atoms with Crippen LogP contribution < -0.4 is 10.2 Å². The van der Waals surface area contributed by atoms with E-state index in [2.05, 4.69) is 15.5 Å². The Bertz CT molecular complexity index is 834. The molecule has 5 nitrogen and oxygen atoms in total. The van der Waals surface area contributed by atoms with E-state index in [1.54, 1.807) is 24.5 Å². The minimum Gasteiger partial charge on any atom is -0.457 e. The minimum absolute atomic E-state index is 0.309. The standard InChI is InChI=1S/C19H15N3O2/c23-19(16-7-5-11-20-14-16)22-21-13-15-6-4-10-18(12-15)24-17-8-2-1-3-9-17/h1-14H,(H,22,23). The first-order valence-electron chi connectivity index (χ1n) is 7.38. The Morgan fingerprint density at radius 3 is 2.62 bits per heavy atom. The summed E-state index contributed by atoms with van der Waals surface area (Å²) in [6.45, 7) is 0. The van der Waals surface area contributed by atoms with E-state index in [-0.39, 0.29) is 5.91 Å². The van der Waals surface area contributed by atoms with Gasteiger partial charge < -0.3 is 4.74 Å². The van der Waals surface area contributed by atoms with Gasteiger partial charge in [-0.1, -0.05) is 30.3 Å². The van der Waals surface area contributed by atoms with Gasteiger partial charge in [0.25, 0.3) is 5.91 Å². The highest BCUT2D eigenvalue weighted by molar-refractivity contribution is 5.94. The molecule has 1 N–H and O–H groups in total. The van der Waals surface area contributed by atoms with Crippen molar-refractivity contribution in [2.75, 3.05) is 0 Å². The van der Waals surface area contributed by atoms with Gasteiger partial charge >= 0.3 is 0 Å². The molecule has 118 valence electrons. The highest BCUT2D eigenvalue weighted by Crippen LogP contribution is 2.21. The first kappa shape index (κ1) is 15.4. The Hall–Kier alpha value is -3.47. The van der Waals surface area contributed by atoms with Gasteiger partial charge in [-0.3, -0.25) is 9.78 Å². The predicted molar refractivity (Wildman–Crippen MR) is 92.3 cm³/mol. The van der Waals surface area contributed by atoms with Crippen molar-refractivity contribution >= 4 is 12.1 Å². The molecule has 0 saturated carbocycles. The quantitative estimate of drug-likeness (QED) is 0.577. The number of nitrogens with zero attached hydrogens (tertiary/aromatic N) is 2. The van der Waals surface area contributed by atoms with Crippen LogP contribution in [0.2, 0.25) is 0 Å². The van der Waals surface area contributed by atoms with Crippen molar-refractivity contribution in [3.8, 4) is 11.5 Å². The van der Waals surface area contributed by atoms with Crippen LogP contribution in [0.5, 0.6) is 11.5 Å². The number of amides is 1. The summed E-state index contributed by atoms with van der Waals surface area (Å²) < 4.78 is 5.76. The Kier molecular flexibility index (Phi) is 4.94. The lowest BCUT2D eigenvalue weighted by Gasteiger charge is -2.05. The predicted octanol–water partition coefficient (Wildman–Crippen LogP) is 3.64. The monoisotopic (exact) mass is 317 g/mol. The number of rotatable bonds is 5. The molecule has 5 heteroatoms. The number of carbonyl (C=O) groups excluding carboxylic acids is 1. The average Bonchev–Trinajstić information content (AvgIpc) is 2.63. The molecule has 0 fully saturated rings. The van der Waals surface area contributed by atoms with E-state index in [4.69, 9.17) is 4.74 Å². The fourth-order valence-corrected chi connectivity index (χ4v) is 2.01. The van der Waals surface area contributed by atoms with E-state index in [1.165, 1.54) is 6.20 Å². The molecule has 1 aromatic heterocycles. The molecule has 3 rings (SSSR count). The van der Waals surface area contributed by atoms with Gasteiger partial charge in [-0.25, -0.2) is 5.43 Å². The number of hydrogen-bond acceptors (Lipinski definition) is 4. The molecule has 2 aromatic carbocycles. The molecule has 1 heterocycles. The fourth-order valence-electron chi connectivity index (χ4n) is 2.01. The highest BCUT2D eigenvalue weighted by atomic mass is 16.5. The van der Waals surface area contributed by atoms with E-state index < -0.39 is 0 Å². The van der Waals surface area contributed by atoms with Crippen molar-refractivity contribution in [1.82, 2.24) is 10.4 Å². The summed E-state index contributed by atoms with van der Waals surface area (Å²) in [5, 5.41) is 3.96. The Labute approximate surface area is 139 Å². The number of nitrogens with one attached hydrogen (secondary N) is 1. The minimum atomic E-state index is -0.309. The molecule has 3 aromatic rings. The van der Waals surface area contributed by atoms with Crippen LogP contribution in [0.15, 0.2) is 84.2 Å². The maximum atomic E-state index is 11.9. The summed E-state index contributed by atoms with van der Waals surface area (Å²) in [7, 11) is 0. The molecule has 0 aliphatic heterocycles. The molecule has 24 heavy (non-hydrogen) atoms. The number of hydrazone groups is 1. The number of aromatic nitrogens is 1. The molecular weight excluding hydrogens is 302 g/mol. The second-order valence-corrected chi connectivity index (χ2v) is 4.93. The van der Waals surface area contributed by atoms with Gasteiger partial charge in [-0.05, 0) is 42.0 Å². The largest absolute Gasteiger partial charge is 0.457 e. The molecule has 0 saturated heterocycles. The molecule has 0 aliphatic rings. The van der Waals surface area contributed by atoms with Gasteiger partial charge in [0, 0.05) is 12.4 Å². The van der Waals surface area contributed by atoms with E-state index >= 15 is 0 Å². The lowest BCUT2D eigenvalue weighted by Crippen LogP contribution is -2.17. The van der Waals surface area contributed by atoms with Crippen LogP contribution in [-0.4, -0.2) is 17.1 Å². The smallest absolute Gasteiger partial charge is 0.272 e. The summed E-state index contributed by atoms with van der Waals surface area (Å²) in [5.74, 6) is 1.15. The molecule has 0 spiro atoms. The van der Waals surface area contributed by atoms with Crippen LogP contribution in [0.25, 0.3) is 0 Å². The maximum absolute atomic E-state index is 11.9. The zero-order valence-electron chi connectivity index (χ0n) is 12.8. The number of hydrogen-bond donors (Lipinski definition) is 1. The molecule has 0 bridgehead atoms. The maximum Gasteiger partial charge on any atom is 0.272 e. The Balaban J connectivity index is 1.63. The summed E-state index contributed by atoms with van der Waals surface area (Å²) >= 11 is 0. The summed E-state index contributed by atoms with van der Waals surface area (Å²) in [6.07, 6.45) is 4.66. The molecule has 0 unspecified atom stereocenters. The SMILES string of the molecule is O=C(NN=Cc1cccc(Oc2ccccc2)c1)c1cccnc1. The van der Waals surface area contributed by atoms with Crippen molar-refractivity contribution in [1.29, 1.82) is 0 Å². The van der Waals surface area contributed by atoms with Crippen LogP contribution in [-0.2, 0) is 0 Å². The zero-order valence-corrected chi connectivity index (χ0v) is 12.8. The van der Waals surface area contributed by atoms with Crippen LogP contribution in [0, 0.1) is 0 Å². The lowest BCUT2D eigenvalue weighted by molar-refractivity contribution is 0.0955. The third-order valence-corrected chi connectivity index (χ3v) is 3.14. The normalized spacial score (nSPS) is 10.5. The van der Waals surface area contributed by atoms with Gasteiger partial charge in [0.1, 0.15) is 11.5 Å². The molecular formula is C19H15N3O2. The van der Waals surface area contributed by atoms with Crippen molar-refractivity contribution in [3.05, 3.63) is 90.3 Å². The van der Waals surface area contributed by atoms with E-state index in [1.807, 2.05) is 54.6 Å². The van der Waals surface area contributed by atoms with Crippen molar-refractivity contribution < 1.29 is 9.53 Å². The molecule has 1 amide bonds. The van der Waals surface area contributed by atoms with E-state index in [9.17, 15) is 4.79 Å². The van der Waals surface area contributed by atoms with Gasteiger partial charge in [0.2, 0.25) is 0 Å². The van der Waals surface area contributed by atoms with Crippen LogP contribution in [0.3, 0.4) is 0 Å². The second-order valence-electron chi connectivity index (χ2n) is 4.93. The van der Waals surface area contributed by atoms with Crippen LogP contribution >= 0.6 is 0 Å². The number of pyridine rings is 1. The van der Waals surface area contributed by atoms with Crippen LogP contribution in [0.1, 0.15) is 15.9 Å². The summed E-state index contributed by atoms with van der Waals surface area (Å²) in [6, 6.07) is 20.3. The topological polar surface area (TPSA) is 63.6 Å². The number of para-hydroxylation sites is 1. The van der Waals surface area contributed by atoms with Gasteiger partial charge in [-0.2, -0.15) is 5.10 Å². The highest BCUT2D eigenvalue weighted by Gasteiger charge is 2.02. The van der Waals surface area contributed by atoms with Gasteiger partial charge in [0.05, 0.1) is 11.8 Å². The number of carbonyl (C=O) groups is 1. The fraction of sp³-hybridized carbons (Fsp3) is 0. The third kappa shape index (κ3) is 4.27.